The van der Waals surface area contributed by atoms with Gasteiger partial charge in [-0.15, -0.1) is 0 Å². The Hall–Kier alpha value is -0.950. The fourth-order valence-electron chi connectivity index (χ4n) is 3.08. The van der Waals surface area contributed by atoms with Crippen LogP contribution in [0.15, 0.2) is 35.2 Å². The van der Waals surface area contributed by atoms with Crippen LogP contribution in [0.4, 0.5) is 0 Å². The molecule has 1 saturated heterocycles. The number of benzene rings is 1. The molecule has 1 aliphatic rings. The predicted octanol–water partition coefficient (Wildman–Crippen LogP) is 1.24. The molecule has 0 aliphatic carbocycles. The van der Waals surface area contributed by atoms with E-state index in [0.717, 1.165) is 38.9 Å². The molecule has 1 fully saturated rings. The van der Waals surface area contributed by atoms with E-state index < -0.39 is 9.84 Å². The number of nitrogens with zero attached hydrogens (tertiary/aromatic N) is 2. The molecule has 1 heterocycles. The summed E-state index contributed by atoms with van der Waals surface area (Å²) in [7, 11) is -1.07. The molecule has 1 N–H and O–H groups in total. The Morgan fingerprint density at radius 1 is 1.22 bits per heavy atom. The van der Waals surface area contributed by atoms with Crippen molar-refractivity contribution in [1.82, 2.24) is 9.80 Å². The zero-order valence-corrected chi connectivity index (χ0v) is 14.7. The van der Waals surface area contributed by atoms with Crippen LogP contribution in [0.1, 0.15) is 19.3 Å². The molecule has 0 radical (unpaired) electrons. The largest absolute Gasteiger partial charge is 0.396 e. The average Bonchev–Trinajstić information content (AvgIpc) is 2.59. The van der Waals surface area contributed by atoms with Gasteiger partial charge in [-0.2, -0.15) is 0 Å². The average molecular weight is 340 g/mol. The lowest BCUT2D eigenvalue weighted by atomic mass is 10.0. The van der Waals surface area contributed by atoms with Gasteiger partial charge in [0.1, 0.15) is 0 Å². The van der Waals surface area contributed by atoms with Gasteiger partial charge >= 0.3 is 0 Å². The van der Waals surface area contributed by atoms with Crippen LogP contribution in [0.5, 0.6) is 0 Å². The van der Waals surface area contributed by atoms with E-state index in [1.807, 2.05) is 6.07 Å². The van der Waals surface area contributed by atoms with E-state index >= 15 is 0 Å². The summed E-state index contributed by atoms with van der Waals surface area (Å²) in [5.41, 5.74) is 0. The van der Waals surface area contributed by atoms with Crippen molar-refractivity contribution in [3.63, 3.8) is 0 Å². The molecule has 0 amide bonds. The van der Waals surface area contributed by atoms with E-state index in [0.29, 0.717) is 17.5 Å². The fourth-order valence-corrected chi connectivity index (χ4v) is 4.39. The van der Waals surface area contributed by atoms with Gasteiger partial charge in [-0.05, 0) is 51.5 Å². The van der Waals surface area contributed by atoms with Crippen molar-refractivity contribution in [1.29, 1.82) is 0 Å². The van der Waals surface area contributed by atoms with E-state index in [4.69, 9.17) is 5.11 Å². The lowest BCUT2D eigenvalue weighted by molar-refractivity contribution is 0.125. The maximum atomic E-state index is 12.3. The molecule has 0 bridgehead atoms. The summed E-state index contributed by atoms with van der Waals surface area (Å²) in [5, 5.41) is 8.90. The first kappa shape index (κ1) is 18.4. The van der Waals surface area contributed by atoms with Crippen molar-refractivity contribution in [3.8, 4) is 0 Å². The summed E-state index contributed by atoms with van der Waals surface area (Å²) >= 11 is 0. The third-order valence-corrected chi connectivity index (χ3v) is 6.34. The Labute approximate surface area is 139 Å². The lowest BCUT2D eigenvalue weighted by Crippen LogP contribution is -2.44. The van der Waals surface area contributed by atoms with Gasteiger partial charge in [0.05, 0.1) is 10.6 Å². The van der Waals surface area contributed by atoms with Crippen LogP contribution >= 0.6 is 0 Å². The molecule has 130 valence electrons. The lowest BCUT2D eigenvalue weighted by Gasteiger charge is -2.36. The molecule has 1 aliphatic heterocycles. The Bertz CT molecular complexity index is 554. The SMILES string of the molecule is CN(CCCO)C1CCN(CCS(=O)(=O)c2ccccc2)CC1. The highest BCUT2D eigenvalue weighted by Gasteiger charge is 2.23. The number of aliphatic hydroxyl groups is 1. The Kier molecular flexibility index (Phi) is 7.02. The monoisotopic (exact) mass is 340 g/mol. The van der Waals surface area contributed by atoms with Crippen LogP contribution in [0, 0.1) is 0 Å². The van der Waals surface area contributed by atoms with Gasteiger partial charge in [0.25, 0.3) is 0 Å². The standard InChI is InChI=1S/C17H28N2O3S/c1-18(10-5-14-20)16-8-11-19(12-9-16)13-15-23(21,22)17-6-3-2-4-7-17/h2-4,6-7,16,20H,5,8-15H2,1H3. The zero-order chi connectivity index (χ0) is 16.7. The predicted molar refractivity (Wildman–Crippen MR) is 92.3 cm³/mol. The summed E-state index contributed by atoms with van der Waals surface area (Å²) in [6, 6.07) is 9.23. The van der Waals surface area contributed by atoms with Crippen LogP contribution in [0.25, 0.3) is 0 Å². The Morgan fingerprint density at radius 2 is 1.87 bits per heavy atom. The second-order valence-corrected chi connectivity index (χ2v) is 8.37. The summed E-state index contributed by atoms with van der Waals surface area (Å²) < 4.78 is 24.6. The number of piperidine rings is 1. The molecule has 0 spiro atoms. The van der Waals surface area contributed by atoms with E-state index in [2.05, 4.69) is 16.8 Å². The van der Waals surface area contributed by atoms with Crippen LogP contribution < -0.4 is 0 Å². The second kappa shape index (κ2) is 8.78. The molecule has 0 atom stereocenters. The highest BCUT2D eigenvalue weighted by Crippen LogP contribution is 2.17. The highest BCUT2D eigenvalue weighted by molar-refractivity contribution is 7.91. The van der Waals surface area contributed by atoms with Crippen LogP contribution in [-0.4, -0.2) is 75.0 Å². The molecule has 23 heavy (non-hydrogen) atoms. The number of hydrogen-bond donors (Lipinski definition) is 1. The number of sulfone groups is 1. The normalized spacial score (nSPS) is 17.7. The first-order valence-electron chi connectivity index (χ1n) is 8.34. The molecule has 1 aromatic carbocycles. The molecule has 0 saturated carbocycles. The third-order valence-electron chi connectivity index (χ3n) is 4.63. The molecule has 0 unspecified atom stereocenters. The molecular weight excluding hydrogens is 312 g/mol. The summed E-state index contributed by atoms with van der Waals surface area (Å²) in [4.78, 5) is 4.98. The van der Waals surface area contributed by atoms with E-state index in [1.165, 1.54) is 0 Å². The van der Waals surface area contributed by atoms with Gasteiger partial charge in [-0.1, -0.05) is 18.2 Å². The summed E-state index contributed by atoms with van der Waals surface area (Å²) in [5.74, 6) is 0.183. The quantitative estimate of drug-likeness (QED) is 0.771. The van der Waals surface area contributed by atoms with Crippen molar-refractivity contribution in [2.24, 2.45) is 0 Å². The van der Waals surface area contributed by atoms with Gasteiger partial charge in [0.15, 0.2) is 9.84 Å². The minimum absolute atomic E-state index is 0.183. The minimum atomic E-state index is -3.18. The van der Waals surface area contributed by atoms with Crippen molar-refractivity contribution in [3.05, 3.63) is 30.3 Å². The van der Waals surface area contributed by atoms with Crippen molar-refractivity contribution in [2.45, 2.75) is 30.2 Å². The van der Waals surface area contributed by atoms with Crippen molar-refractivity contribution in [2.75, 3.05) is 45.6 Å². The summed E-state index contributed by atoms with van der Waals surface area (Å²) in [6.45, 7) is 3.64. The number of hydrogen-bond acceptors (Lipinski definition) is 5. The highest BCUT2D eigenvalue weighted by atomic mass is 32.2. The van der Waals surface area contributed by atoms with Crippen molar-refractivity contribution < 1.29 is 13.5 Å². The minimum Gasteiger partial charge on any atom is -0.396 e. The van der Waals surface area contributed by atoms with Gasteiger partial charge in [0, 0.05) is 25.7 Å². The molecule has 1 aromatic rings. The maximum Gasteiger partial charge on any atom is 0.179 e. The molecule has 5 nitrogen and oxygen atoms in total. The van der Waals surface area contributed by atoms with Crippen LogP contribution in [0.3, 0.4) is 0 Å². The number of rotatable bonds is 8. The Balaban J connectivity index is 1.76. The maximum absolute atomic E-state index is 12.3. The number of likely N-dealkylation sites (tertiary alicyclic amines) is 1. The van der Waals surface area contributed by atoms with Gasteiger partial charge in [0.2, 0.25) is 0 Å². The van der Waals surface area contributed by atoms with E-state index in [9.17, 15) is 8.42 Å². The van der Waals surface area contributed by atoms with Gasteiger partial charge < -0.3 is 14.9 Å². The Morgan fingerprint density at radius 3 is 2.48 bits per heavy atom. The molecule has 0 aromatic heterocycles. The topological polar surface area (TPSA) is 60.9 Å². The summed E-state index contributed by atoms with van der Waals surface area (Å²) in [6.07, 6.45) is 2.94. The fraction of sp³-hybridized carbons (Fsp3) is 0.647. The second-order valence-electron chi connectivity index (χ2n) is 6.26. The van der Waals surface area contributed by atoms with Crippen LogP contribution in [-0.2, 0) is 9.84 Å². The van der Waals surface area contributed by atoms with E-state index in [-0.39, 0.29) is 12.4 Å². The number of aliphatic hydroxyl groups excluding tert-OH is 1. The molecule has 6 heteroatoms. The first-order chi connectivity index (χ1) is 11.0. The third kappa shape index (κ3) is 5.57. The van der Waals surface area contributed by atoms with Gasteiger partial charge in [-0.3, -0.25) is 0 Å². The smallest absolute Gasteiger partial charge is 0.179 e. The molecular formula is C17H28N2O3S. The first-order valence-corrected chi connectivity index (χ1v) is 9.99. The zero-order valence-electron chi connectivity index (χ0n) is 13.9. The van der Waals surface area contributed by atoms with E-state index in [1.54, 1.807) is 24.3 Å². The van der Waals surface area contributed by atoms with Crippen LogP contribution in [0.2, 0.25) is 0 Å². The van der Waals surface area contributed by atoms with Gasteiger partial charge in [-0.25, -0.2) is 8.42 Å². The molecule has 2 rings (SSSR count). The van der Waals surface area contributed by atoms with Crippen molar-refractivity contribution >= 4 is 9.84 Å².